The molecular formula is C13H13F3N2S. The second kappa shape index (κ2) is 4.85. The van der Waals surface area contributed by atoms with E-state index in [1.54, 1.807) is 6.07 Å². The highest BCUT2D eigenvalue weighted by Crippen LogP contribution is 2.36. The number of hydrogen-bond acceptors (Lipinski definition) is 3. The van der Waals surface area contributed by atoms with Crippen LogP contribution in [-0.2, 0) is 6.18 Å². The number of nitrogens with two attached hydrogens (primary N) is 1. The molecule has 0 unspecified atom stereocenters. The molecule has 1 heterocycles. The highest BCUT2D eigenvalue weighted by atomic mass is 32.1. The van der Waals surface area contributed by atoms with Crippen molar-refractivity contribution in [3.63, 3.8) is 0 Å². The van der Waals surface area contributed by atoms with Gasteiger partial charge in [-0.2, -0.15) is 13.2 Å². The van der Waals surface area contributed by atoms with E-state index in [2.05, 4.69) is 4.98 Å². The molecule has 0 aliphatic heterocycles. The molecule has 1 aromatic carbocycles. The lowest BCUT2D eigenvalue weighted by molar-refractivity contribution is -0.137. The Bertz CT molecular complexity index is 588. The largest absolute Gasteiger partial charge is 0.416 e. The molecule has 0 aliphatic rings. The Morgan fingerprint density at radius 3 is 2.47 bits per heavy atom. The second-order valence-electron chi connectivity index (χ2n) is 4.50. The predicted octanol–water partition coefficient (Wildman–Crippen LogP) is 4.53. The summed E-state index contributed by atoms with van der Waals surface area (Å²) in [6.07, 6.45) is -4.36. The van der Waals surface area contributed by atoms with E-state index in [1.807, 2.05) is 13.8 Å². The van der Waals surface area contributed by atoms with E-state index in [1.165, 1.54) is 17.4 Å². The Labute approximate surface area is 113 Å². The Balaban J connectivity index is 2.48. The number of anilines is 1. The number of benzene rings is 1. The van der Waals surface area contributed by atoms with Crippen molar-refractivity contribution in [3.05, 3.63) is 34.8 Å². The van der Waals surface area contributed by atoms with Gasteiger partial charge in [-0.1, -0.05) is 26.0 Å². The molecule has 0 bridgehead atoms. The Hall–Kier alpha value is -1.56. The van der Waals surface area contributed by atoms with E-state index >= 15 is 0 Å². The smallest absolute Gasteiger partial charge is 0.389 e. The zero-order valence-corrected chi connectivity index (χ0v) is 11.3. The van der Waals surface area contributed by atoms with E-state index in [-0.39, 0.29) is 5.92 Å². The standard InChI is InChI=1S/C13H13F3N2S/c1-7(2)12-18-10(11(17)19-12)8-4-3-5-9(6-8)13(14,15)16/h3-7H,17H2,1-2H3. The molecule has 0 atom stereocenters. The molecule has 0 radical (unpaired) electrons. The summed E-state index contributed by atoms with van der Waals surface area (Å²) in [5, 5.41) is 1.27. The maximum atomic E-state index is 12.7. The van der Waals surface area contributed by atoms with Crippen LogP contribution in [0, 0.1) is 0 Å². The molecule has 0 aliphatic carbocycles. The van der Waals surface area contributed by atoms with Crippen molar-refractivity contribution in [2.45, 2.75) is 25.9 Å². The maximum absolute atomic E-state index is 12.7. The van der Waals surface area contributed by atoms with Gasteiger partial charge in [-0.3, -0.25) is 0 Å². The van der Waals surface area contributed by atoms with E-state index in [9.17, 15) is 13.2 Å². The number of rotatable bonds is 2. The van der Waals surface area contributed by atoms with Gasteiger partial charge in [0.05, 0.1) is 10.6 Å². The van der Waals surface area contributed by atoms with Crippen molar-refractivity contribution < 1.29 is 13.2 Å². The minimum Gasteiger partial charge on any atom is -0.389 e. The summed E-state index contributed by atoms with van der Waals surface area (Å²) in [5.41, 5.74) is 5.98. The van der Waals surface area contributed by atoms with Crippen molar-refractivity contribution in [2.24, 2.45) is 0 Å². The molecule has 0 amide bonds. The van der Waals surface area contributed by atoms with Gasteiger partial charge < -0.3 is 5.73 Å². The molecule has 1 aromatic heterocycles. The third kappa shape index (κ3) is 2.89. The van der Waals surface area contributed by atoms with Crippen LogP contribution in [0.2, 0.25) is 0 Å². The minimum atomic E-state index is -4.36. The van der Waals surface area contributed by atoms with Crippen LogP contribution in [0.25, 0.3) is 11.3 Å². The Morgan fingerprint density at radius 2 is 1.95 bits per heavy atom. The van der Waals surface area contributed by atoms with Crippen molar-refractivity contribution in [3.8, 4) is 11.3 Å². The van der Waals surface area contributed by atoms with Crippen molar-refractivity contribution in [1.82, 2.24) is 4.98 Å². The van der Waals surface area contributed by atoms with Crippen LogP contribution in [0.3, 0.4) is 0 Å². The first-order valence-corrected chi connectivity index (χ1v) is 6.54. The molecule has 6 heteroatoms. The van der Waals surface area contributed by atoms with E-state index in [0.29, 0.717) is 16.3 Å². The molecule has 0 saturated heterocycles. The predicted molar refractivity (Wildman–Crippen MR) is 71.1 cm³/mol. The van der Waals surface area contributed by atoms with Crippen LogP contribution >= 0.6 is 11.3 Å². The third-order valence-corrected chi connectivity index (χ3v) is 3.81. The fraction of sp³-hybridized carbons (Fsp3) is 0.308. The number of thiazole rings is 1. The van der Waals surface area contributed by atoms with Crippen molar-refractivity contribution >= 4 is 16.3 Å². The molecule has 0 fully saturated rings. The van der Waals surface area contributed by atoms with E-state index in [4.69, 9.17) is 5.73 Å². The second-order valence-corrected chi connectivity index (χ2v) is 5.56. The van der Waals surface area contributed by atoms with Crippen LogP contribution < -0.4 is 5.73 Å². The van der Waals surface area contributed by atoms with Crippen LogP contribution in [0.15, 0.2) is 24.3 Å². The third-order valence-electron chi connectivity index (χ3n) is 2.63. The van der Waals surface area contributed by atoms with Gasteiger partial charge in [-0.25, -0.2) is 4.98 Å². The van der Waals surface area contributed by atoms with Gasteiger partial charge in [0.25, 0.3) is 0 Å². The normalized spacial score (nSPS) is 12.1. The summed E-state index contributed by atoms with van der Waals surface area (Å²) in [4.78, 5) is 4.33. The minimum absolute atomic E-state index is 0.201. The quantitative estimate of drug-likeness (QED) is 0.880. The number of hydrogen-bond donors (Lipinski definition) is 1. The summed E-state index contributed by atoms with van der Waals surface area (Å²) < 4.78 is 38.0. The van der Waals surface area contributed by atoms with Crippen LogP contribution in [0.5, 0.6) is 0 Å². The first-order chi connectivity index (χ1) is 8.79. The van der Waals surface area contributed by atoms with Crippen LogP contribution in [0.1, 0.15) is 30.3 Å². The molecule has 0 spiro atoms. The summed E-state index contributed by atoms with van der Waals surface area (Å²) in [6, 6.07) is 5.07. The topological polar surface area (TPSA) is 38.9 Å². The monoisotopic (exact) mass is 286 g/mol. The average Bonchev–Trinajstić information content (AvgIpc) is 2.71. The molecule has 0 saturated carbocycles. The first kappa shape index (κ1) is 13.9. The number of aromatic nitrogens is 1. The van der Waals surface area contributed by atoms with Crippen molar-refractivity contribution in [2.75, 3.05) is 5.73 Å². The lowest BCUT2D eigenvalue weighted by atomic mass is 10.1. The molecular weight excluding hydrogens is 273 g/mol. The maximum Gasteiger partial charge on any atom is 0.416 e. The van der Waals surface area contributed by atoms with Crippen LogP contribution in [-0.4, -0.2) is 4.98 Å². The van der Waals surface area contributed by atoms with Crippen LogP contribution in [0.4, 0.5) is 18.2 Å². The summed E-state index contributed by atoms with van der Waals surface area (Å²) in [6.45, 7) is 3.93. The number of halogens is 3. The number of alkyl halides is 3. The molecule has 19 heavy (non-hydrogen) atoms. The highest BCUT2D eigenvalue weighted by molar-refractivity contribution is 7.16. The average molecular weight is 286 g/mol. The summed E-state index contributed by atoms with van der Waals surface area (Å²) in [5.74, 6) is 0.201. The number of nitrogen functional groups attached to an aromatic ring is 1. The fourth-order valence-corrected chi connectivity index (χ4v) is 2.50. The van der Waals surface area contributed by atoms with Gasteiger partial charge in [-0.05, 0) is 12.1 Å². The number of nitrogens with zero attached hydrogens (tertiary/aromatic N) is 1. The van der Waals surface area contributed by atoms with Gasteiger partial charge >= 0.3 is 6.18 Å². The lowest BCUT2D eigenvalue weighted by Gasteiger charge is -2.07. The van der Waals surface area contributed by atoms with E-state index < -0.39 is 11.7 Å². The first-order valence-electron chi connectivity index (χ1n) is 5.73. The molecule has 102 valence electrons. The van der Waals surface area contributed by atoms with Gasteiger partial charge in [0.2, 0.25) is 0 Å². The molecule has 2 aromatic rings. The molecule has 2 N–H and O–H groups in total. The van der Waals surface area contributed by atoms with Gasteiger partial charge in [-0.15, -0.1) is 11.3 Å². The van der Waals surface area contributed by atoms with Gasteiger partial charge in [0, 0.05) is 11.5 Å². The van der Waals surface area contributed by atoms with Gasteiger partial charge in [0.15, 0.2) is 0 Å². The highest BCUT2D eigenvalue weighted by Gasteiger charge is 2.30. The van der Waals surface area contributed by atoms with E-state index in [0.717, 1.165) is 17.1 Å². The summed E-state index contributed by atoms with van der Waals surface area (Å²) in [7, 11) is 0. The Kier molecular flexibility index (Phi) is 3.54. The fourth-order valence-electron chi connectivity index (χ4n) is 1.65. The Morgan fingerprint density at radius 1 is 1.26 bits per heavy atom. The molecule has 2 rings (SSSR count). The lowest BCUT2D eigenvalue weighted by Crippen LogP contribution is -2.04. The molecule has 2 nitrogen and oxygen atoms in total. The summed E-state index contributed by atoms with van der Waals surface area (Å²) >= 11 is 1.32. The zero-order valence-electron chi connectivity index (χ0n) is 10.5. The SMILES string of the molecule is CC(C)c1nc(-c2cccc(C(F)(F)F)c2)c(N)s1. The van der Waals surface area contributed by atoms with Gasteiger partial charge in [0.1, 0.15) is 10.7 Å². The zero-order chi connectivity index (χ0) is 14.2. The van der Waals surface area contributed by atoms with Crippen molar-refractivity contribution in [1.29, 1.82) is 0 Å².